The van der Waals surface area contributed by atoms with Gasteiger partial charge in [-0.25, -0.2) is 4.79 Å². The minimum Gasteiger partial charge on any atom is -0.478 e. The Morgan fingerprint density at radius 2 is 2.16 bits per heavy atom. The molecule has 0 bridgehead atoms. The predicted octanol–water partition coefficient (Wildman–Crippen LogP) is 2.76. The average molecular weight is 260 g/mol. The van der Waals surface area contributed by atoms with E-state index in [0.29, 0.717) is 22.5 Å². The van der Waals surface area contributed by atoms with Gasteiger partial charge in [0.2, 0.25) is 0 Å². The van der Waals surface area contributed by atoms with Gasteiger partial charge in [-0.2, -0.15) is 0 Å². The summed E-state index contributed by atoms with van der Waals surface area (Å²) >= 11 is 0. The Hall–Kier alpha value is -2.56. The molecular formula is C14H12O5. The molecule has 0 unspecified atom stereocenters. The van der Waals surface area contributed by atoms with Crippen LogP contribution in [0.1, 0.15) is 18.1 Å². The zero-order chi connectivity index (χ0) is 14.0. The number of carbonyl (C=O) groups excluding carboxylic acids is 1. The van der Waals surface area contributed by atoms with Crippen LogP contribution in [-0.4, -0.2) is 17.0 Å². The first-order chi connectivity index (χ1) is 8.99. The molecule has 1 N–H and O–H groups in total. The van der Waals surface area contributed by atoms with Crippen molar-refractivity contribution in [2.75, 3.05) is 0 Å². The molecule has 2 aromatic rings. The number of aliphatic carboxylic acids is 1. The van der Waals surface area contributed by atoms with Crippen molar-refractivity contribution < 1.29 is 23.8 Å². The number of carbonyl (C=O) groups is 2. The highest BCUT2D eigenvalue weighted by Crippen LogP contribution is 2.33. The lowest BCUT2D eigenvalue weighted by Crippen LogP contribution is -2.04. The van der Waals surface area contributed by atoms with Gasteiger partial charge in [-0.15, -0.1) is 0 Å². The van der Waals surface area contributed by atoms with Gasteiger partial charge in [0.25, 0.3) is 0 Å². The molecule has 0 aliphatic rings. The van der Waals surface area contributed by atoms with Gasteiger partial charge < -0.3 is 14.3 Å². The fourth-order valence-electron chi connectivity index (χ4n) is 1.85. The predicted molar refractivity (Wildman–Crippen MR) is 68.9 cm³/mol. The molecule has 0 atom stereocenters. The van der Waals surface area contributed by atoms with Crippen LogP contribution in [0.3, 0.4) is 0 Å². The third-order valence-electron chi connectivity index (χ3n) is 2.60. The minimum absolute atomic E-state index is 0.312. The van der Waals surface area contributed by atoms with E-state index in [9.17, 15) is 9.59 Å². The zero-order valence-corrected chi connectivity index (χ0v) is 10.5. The maximum absolute atomic E-state index is 11.1. The summed E-state index contributed by atoms with van der Waals surface area (Å²) in [6.45, 7) is 3.04. The van der Waals surface area contributed by atoms with Gasteiger partial charge in [0.15, 0.2) is 0 Å². The van der Waals surface area contributed by atoms with Gasteiger partial charge in [-0.3, -0.25) is 4.79 Å². The molecule has 1 aromatic carbocycles. The normalized spacial score (nSPS) is 11.1. The van der Waals surface area contributed by atoms with Crippen molar-refractivity contribution in [1.82, 2.24) is 0 Å². The third-order valence-corrected chi connectivity index (χ3v) is 2.60. The van der Waals surface area contributed by atoms with Crippen LogP contribution in [0.2, 0.25) is 0 Å². The molecule has 1 heterocycles. The highest BCUT2D eigenvalue weighted by atomic mass is 16.5. The van der Waals surface area contributed by atoms with E-state index < -0.39 is 11.9 Å². The Morgan fingerprint density at radius 1 is 1.42 bits per heavy atom. The second-order valence-electron chi connectivity index (χ2n) is 4.02. The summed E-state index contributed by atoms with van der Waals surface area (Å²) in [5, 5.41) is 9.50. The molecule has 0 aliphatic carbocycles. The summed E-state index contributed by atoms with van der Waals surface area (Å²) in [5.74, 6) is -1.23. The fourth-order valence-corrected chi connectivity index (χ4v) is 1.85. The molecular weight excluding hydrogens is 248 g/mol. The van der Waals surface area contributed by atoms with Crippen molar-refractivity contribution in [3.63, 3.8) is 0 Å². The van der Waals surface area contributed by atoms with Crippen LogP contribution in [0.25, 0.3) is 17.0 Å². The quantitative estimate of drug-likeness (QED) is 0.521. The Balaban J connectivity index is 2.63. The molecule has 19 heavy (non-hydrogen) atoms. The maximum Gasteiger partial charge on any atom is 0.328 e. The average Bonchev–Trinajstić information content (AvgIpc) is 2.78. The highest BCUT2D eigenvalue weighted by Gasteiger charge is 2.14. The van der Waals surface area contributed by atoms with Gasteiger partial charge in [0.1, 0.15) is 11.3 Å². The van der Waals surface area contributed by atoms with Crippen LogP contribution in [0.15, 0.2) is 28.9 Å². The van der Waals surface area contributed by atoms with Gasteiger partial charge in [0, 0.05) is 29.5 Å². The number of rotatable bonds is 3. The summed E-state index contributed by atoms with van der Waals surface area (Å²) in [6.07, 6.45) is 3.91. The fraction of sp³-hybridized carbons (Fsp3) is 0.143. The molecule has 0 saturated carbocycles. The van der Waals surface area contributed by atoms with E-state index in [0.717, 1.165) is 11.5 Å². The molecule has 0 saturated heterocycles. The number of fused-ring (bicyclic) bond motifs is 1. The molecule has 0 fully saturated rings. The second kappa shape index (κ2) is 4.97. The summed E-state index contributed by atoms with van der Waals surface area (Å²) < 4.78 is 10.5. The van der Waals surface area contributed by atoms with E-state index in [1.165, 1.54) is 19.3 Å². The number of hydrogen-bond donors (Lipinski definition) is 1. The van der Waals surface area contributed by atoms with Crippen molar-refractivity contribution in [1.29, 1.82) is 0 Å². The number of carboxylic acid groups (broad SMARTS) is 1. The number of hydrogen-bond acceptors (Lipinski definition) is 4. The number of furan rings is 1. The largest absolute Gasteiger partial charge is 0.478 e. The van der Waals surface area contributed by atoms with Crippen molar-refractivity contribution >= 4 is 29.0 Å². The van der Waals surface area contributed by atoms with E-state index in [4.69, 9.17) is 14.3 Å². The Bertz CT molecular complexity index is 678. The Kier molecular flexibility index (Phi) is 3.37. The van der Waals surface area contributed by atoms with Gasteiger partial charge in [-0.1, -0.05) is 0 Å². The Labute approximate surface area is 109 Å². The third kappa shape index (κ3) is 2.65. The molecule has 5 nitrogen and oxygen atoms in total. The summed E-state index contributed by atoms with van der Waals surface area (Å²) in [6, 6.07) is 3.47. The van der Waals surface area contributed by atoms with Gasteiger partial charge in [0.05, 0.1) is 6.26 Å². The van der Waals surface area contributed by atoms with E-state index in [2.05, 4.69) is 0 Å². The molecule has 0 amide bonds. The number of benzene rings is 1. The van der Waals surface area contributed by atoms with Gasteiger partial charge in [-0.05, 0) is 25.1 Å². The lowest BCUT2D eigenvalue weighted by Gasteiger charge is -2.09. The summed E-state index contributed by atoms with van der Waals surface area (Å²) in [7, 11) is 0. The topological polar surface area (TPSA) is 76.7 Å². The van der Waals surface area contributed by atoms with Crippen molar-refractivity contribution in [2.24, 2.45) is 0 Å². The van der Waals surface area contributed by atoms with E-state index in [1.54, 1.807) is 19.1 Å². The SMILES string of the molecule is CC(=O)Oc1c(/C=C/C(=O)O)cc2ccoc2c1C. The monoisotopic (exact) mass is 260 g/mol. The molecule has 0 radical (unpaired) electrons. The van der Waals surface area contributed by atoms with Crippen LogP contribution in [-0.2, 0) is 9.59 Å². The van der Waals surface area contributed by atoms with Gasteiger partial charge >= 0.3 is 11.9 Å². The smallest absolute Gasteiger partial charge is 0.328 e. The van der Waals surface area contributed by atoms with Crippen molar-refractivity contribution in [3.05, 3.63) is 35.6 Å². The number of ether oxygens (including phenoxy) is 1. The minimum atomic E-state index is -1.07. The second-order valence-corrected chi connectivity index (χ2v) is 4.02. The molecule has 5 heteroatoms. The van der Waals surface area contributed by atoms with E-state index in [-0.39, 0.29) is 0 Å². The lowest BCUT2D eigenvalue weighted by atomic mass is 10.1. The van der Waals surface area contributed by atoms with E-state index in [1.807, 2.05) is 0 Å². The first-order valence-electron chi connectivity index (χ1n) is 5.59. The van der Waals surface area contributed by atoms with Crippen LogP contribution in [0, 0.1) is 6.92 Å². The number of carboxylic acids is 1. The van der Waals surface area contributed by atoms with Crippen LogP contribution in [0.5, 0.6) is 5.75 Å². The molecule has 1 aromatic heterocycles. The molecule has 2 rings (SSSR count). The van der Waals surface area contributed by atoms with Crippen LogP contribution >= 0.6 is 0 Å². The van der Waals surface area contributed by atoms with Crippen LogP contribution in [0.4, 0.5) is 0 Å². The first kappa shape index (κ1) is 12.9. The molecule has 98 valence electrons. The lowest BCUT2D eigenvalue weighted by molar-refractivity contribution is -0.132. The standard InChI is InChI=1S/C14H12O5/c1-8-13-11(5-6-18-13)7-10(3-4-12(16)17)14(8)19-9(2)15/h3-7H,1-2H3,(H,16,17)/b4-3+. The highest BCUT2D eigenvalue weighted by molar-refractivity contribution is 5.91. The first-order valence-corrected chi connectivity index (χ1v) is 5.59. The molecule has 0 spiro atoms. The molecule has 0 aliphatic heterocycles. The van der Waals surface area contributed by atoms with Crippen molar-refractivity contribution in [3.8, 4) is 5.75 Å². The number of esters is 1. The van der Waals surface area contributed by atoms with Crippen molar-refractivity contribution in [2.45, 2.75) is 13.8 Å². The summed E-state index contributed by atoms with van der Waals surface area (Å²) in [4.78, 5) is 21.7. The Morgan fingerprint density at radius 3 is 2.79 bits per heavy atom. The maximum atomic E-state index is 11.1. The summed E-state index contributed by atoms with van der Waals surface area (Å²) in [5.41, 5.74) is 1.79. The van der Waals surface area contributed by atoms with Crippen LogP contribution < -0.4 is 4.74 Å². The number of aryl methyl sites for hydroxylation is 1. The zero-order valence-electron chi connectivity index (χ0n) is 10.5. The van der Waals surface area contributed by atoms with E-state index >= 15 is 0 Å².